The monoisotopic (exact) mass is 395 g/mol. The molecule has 1 amide bonds. The van der Waals surface area contributed by atoms with Crippen molar-refractivity contribution < 1.29 is 27.9 Å². The smallest absolute Gasteiger partial charge is 0.416 e. The average molecular weight is 396 g/mol. The number of aliphatic hydroxyl groups excluding tert-OH is 1. The van der Waals surface area contributed by atoms with E-state index < -0.39 is 35.2 Å². The highest BCUT2D eigenvalue weighted by Gasteiger charge is 2.43. The van der Waals surface area contributed by atoms with Crippen molar-refractivity contribution in [1.29, 1.82) is 0 Å². The second-order valence-corrected chi connectivity index (χ2v) is 6.43. The third kappa shape index (κ3) is 3.42. The lowest BCUT2D eigenvalue weighted by molar-refractivity contribution is -0.137. The number of nitrogens with zero attached hydrogens (tertiary/aromatic N) is 1. The molecule has 0 aliphatic carbocycles. The van der Waals surface area contributed by atoms with E-state index in [1.54, 1.807) is 12.1 Å². The first-order valence-corrected chi connectivity index (χ1v) is 8.19. The third-order valence-corrected chi connectivity index (χ3v) is 4.48. The van der Waals surface area contributed by atoms with Crippen molar-refractivity contribution in [3.63, 3.8) is 0 Å². The highest BCUT2D eigenvalue weighted by Crippen LogP contribution is 2.42. The molecule has 0 fully saturated rings. The van der Waals surface area contributed by atoms with Gasteiger partial charge in [0.1, 0.15) is 0 Å². The van der Waals surface area contributed by atoms with Crippen molar-refractivity contribution in [3.05, 3.63) is 76.0 Å². The summed E-state index contributed by atoms with van der Waals surface area (Å²) in [5.41, 5.74) is -0.782. The van der Waals surface area contributed by atoms with Crippen LogP contribution in [0.25, 0.3) is 0 Å². The third-order valence-electron chi connectivity index (χ3n) is 4.22. The molecule has 1 atom stereocenters. The molecule has 1 aliphatic rings. The van der Waals surface area contributed by atoms with Gasteiger partial charge in [-0.15, -0.1) is 0 Å². The Labute approximate surface area is 157 Å². The average Bonchev–Trinajstić information content (AvgIpc) is 2.86. The molecule has 8 heteroatoms. The van der Waals surface area contributed by atoms with Gasteiger partial charge in [0, 0.05) is 10.7 Å². The van der Waals surface area contributed by atoms with Crippen LogP contribution in [-0.2, 0) is 15.8 Å². The summed E-state index contributed by atoms with van der Waals surface area (Å²) in [5.74, 6) is -2.28. The minimum absolute atomic E-state index is 0.0856. The van der Waals surface area contributed by atoms with Gasteiger partial charge < -0.3 is 5.11 Å². The summed E-state index contributed by atoms with van der Waals surface area (Å²) in [5, 5.41) is 10.6. The molecule has 0 saturated carbocycles. The Morgan fingerprint density at radius 3 is 2.33 bits per heavy atom. The summed E-state index contributed by atoms with van der Waals surface area (Å²) in [4.78, 5) is 25.6. The lowest BCUT2D eigenvalue weighted by atomic mass is 9.96. The van der Waals surface area contributed by atoms with Crippen LogP contribution in [0.1, 0.15) is 24.1 Å². The van der Waals surface area contributed by atoms with Crippen molar-refractivity contribution in [2.75, 3.05) is 4.90 Å². The summed E-state index contributed by atoms with van der Waals surface area (Å²) in [6.07, 6.45) is -4.60. The Bertz CT molecular complexity index is 951. The number of carbonyl (C=O) groups excluding carboxylic acids is 2. The first-order chi connectivity index (χ1) is 12.6. The number of hydrogen-bond donors (Lipinski definition) is 1. The lowest BCUT2D eigenvalue weighted by Crippen LogP contribution is -2.31. The Morgan fingerprint density at radius 1 is 1.15 bits per heavy atom. The van der Waals surface area contributed by atoms with E-state index in [2.05, 4.69) is 0 Å². The molecule has 0 spiro atoms. The Morgan fingerprint density at radius 2 is 1.78 bits per heavy atom. The zero-order chi connectivity index (χ0) is 19.9. The van der Waals surface area contributed by atoms with Crippen molar-refractivity contribution in [2.24, 2.45) is 0 Å². The van der Waals surface area contributed by atoms with E-state index in [1.807, 2.05) is 0 Å². The number of alkyl halides is 3. The molecular weight excluding hydrogens is 383 g/mol. The largest absolute Gasteiger partial charge is 0.503 e. The SMILES string of the molecule is CC(=O)C1=C(O)C(=O)N(c2cccc(C(F)(F)F)c2)[C@@H]1c1ccc(Cl)cc1. The number of carbonyl (C=O) groups is 2. The fourth-order valence-corrected chi connectivity index (χ4v) is 3.15. The predicted molar refractivity (Wildman–Crippen MR) is 93.5 cm³/mol. The van der Waals surface area contributed by atoms with Crippen LogP contribution in [0, 0.1) is 0 Å². The number of halogens is 4. The van der Waals surface area contributed by atoms with E-state index in [4.69, 9.17) is 11.6 Å². The number of ketones is 1. The van der Waals surface area contributed by atoms with Crippen molar-refractivity contribution >= 4 is 29.0 Å². The summed E-state index contributed by atoms with van der Waals surface area (Å²) >= 11 is 5.87. The standard InChI is InChI=1S/C19H13ClF3NO3/c1-10(25)15-16(11-5-7-13(20)8-6-11)24(18(27)17(15)26)14-4-2-3-12(9-14)19(21,22)23/h2-9,16,26H,1H3/t16-/m1/s1. The molecule has 140 valence electrons. The molecule has 2 aromatic carbocycles. The van der Waals surface area contributed by atoms with Crippen molar-refractivity contribution in [3.8, 4) is 0 Å². The van der Waals surface area contributed by atoms with Gasteiger partial charge in [0.15, 0.2) is 11.5 Å². The van der Waals surface area contributed by atoms with E-state index in [1.165, 1.54) is 25.1 Å². The molecule has 2 aromatic rings. The van der Waals surface area contributed by atoms with Crippen LogP contribution in [0.5, 0.6) is 0 Å². The first-order valence-electron chi connectivity index (χ1n) is 7.81. The minimum Gasteiger partial charge on any atom is -0.503 e. The first kappa shape index (κ1) is 19.0. The van der Waals surface area contributed by atoms with E-state index in [-0.39, 0.29) is 11.3 Å². The van der Waals surface area contributed by atoms with Gasteiger partial charge in [-0.25, -0.2) is 0 Å². The quantitative estimate of drug-likeness (QED) is 0.808. The molecule has 27 heavy (non-hydrogen) atoms. The molecule has 0 bridgehead atoms. The van der Waals surface area contributed by atoms with Crippen LogP contribution < -0.4 is 4.90 Å². The fraction of sp³-hybridized carbons (Fsp3) is 0.158. The molecule has 0 aromatic heterocycles. The topological polar surface area (TPSA) is 57.6 Å². The van der Waals surface area contributed by atoms with E-state index >= 15 is 0 Å². The zero-order valence-electron chi connectivity index (χ0n) is 13.9. The van der Waals surface area contributed by atoms with E-state index in [9.17, 15) is 27.9 Å². The number of amides is 1. The van der Waals surface area contributed by atoms with Crippen molar-refractivity contribution in [1.82, 2.24) is 0 Å². The van der Waals surface area contributed by atoms with Crippen LogP contribution in [0.3, 0.4) is 0 Å². The summed E-state index contributed by atoms with van der Waals surface area (Å²) < 4.78 is 39.2. The number of anilines is 1. The Balaban J connectivity index is 2.17. The van der Waals surface area contributed by atoms with Gasteiger partial charge in [-0.2, -0.15) is 13.2 Å². The highest BCUT2D eigenvalue weighted by atomic mass is 35.5. The van der Waals surface area contributed by atoms with Crippen LogP contribution in [0.2, 0.25) is 5.02 Å². The number of benzene rings is 2. The Hall–Kier alpha value is -2.80. The van der Waals surface area contributed by atoms with Gasteiger partial charge in [-0.1, -0.05) is 29.8 Å². The molecule has 1 aliphatic heterocycles. The summed E-state index contributed by atoms with van der Waals surface area (Å²) in [7, 11) is 0. The number of Topliss-reactive ketones (excluding diaryl/α,β-unsaturated/α-hetero) is 1. The van der Waals surface area contributed by atoms with E-state index in [0.29, 0.717) is 10.6 Å². The van der Waals surface area contributed by atoms with Gasteiger partial charge in [-0.3, -0.25) is 14.5 Å². The van der Waals surface area contributed by atoms with Crippen molar-refractivity contribution in [2.45, 2.75) is 19.1 Å². The van der Waals surface area contributed by atoms with Crippen LogP contribution in [-0.4, -0.2) is 16.8 Å². The zero-order valence-corrected chi connectivity index (χ0v) is 14.7. The molecule has 0 unspecified atom stereocenters. The molecule has 4 nitrogen and oxygen atoms in total. The molecule has 0 saturated heterocycles. The van der Waals surface area contributed by atoms with E-state index in [0.717, 1.165) is 23.1 Å². The molecule has 0 radical (unpaired) electrons. The van der Waals surface area contributed by atoms with Gasteiger partial charge >= 0.3 is 6.18 Å². The summed E-state index contributed by atoms with van der Waals surface area (Å²) in [6.45, 7) is 1.18. The normalized spacial score (nSPS) is 17.6. The van der Waals surface area contributed by atoms with Gasteiger partial charge in [0.2, 0.25) is 0 Å². The lowest BCUT2D eigenvalue weighted by Gasteiger charge is -2.27. The number of rotatable bonds is 3. The Kier molecular flexibility index (Phi) is 4.73. The number of hydrogen-bond acceptors (Lipinski definition) is 3. The maximum absolute atomic E-state index is 13.1. The van der Waals surface area contributed by atoms with Gasteiger partial charge in [0.25, 0.3) is 5.91 Å². The maximum atomic E-state index is 13.1. The maximum Gasteiger partial charge on any atom is 0.416 e. The fourth-order valence-electron chi connectivity index (χ4n) is 3.02. The molecule has 1 N–H and O–H groups in total. The van der Waals surface area contributed by atoms with Gasteiger partial charge in [-0.05, 0) is 42.8 Å². The molecule has 1 heterocycles. The summed E-state index contributed by atoms with van der Waals surface area (Å²) in [6, 6.07) is 9.23. The van der Waals surface area contributed by atoms with Crippen LogP contribution in [0.15, 0.2) is 59.9 Å². The van der Waals surface area contributed by atoms with Crippen LogP contribution in [0.4, 0.5) is 18.9 Å². The number of aliphatic hydroxyl groups is 1. The minimum atomic E-state index is -4.60. The van der Waals surface area contributed by atoms with Gasteiger partial charge in [0.05, 0.1) is 17.2 Å². The predicted octanol–water partition coefficient (Wildman–Crippen LogP) is 4.85. The highest BCUT2D eigenvalue weighted by molar-refractivity contribution is 6.30. The second kappa shape index (κ2) is 6.74. The van der Waals surface area contributed by atoms with Crippen LogP contribution >= 0.6 is 11.6 Å². The molecular formula is C19H13ClF3NO3. The second-order valence-electron chi connectivity index (χ2n) is 6.00. The molecule has 3 rings (SSSR count).